The number of amides is 2. The Morgan fingerprint density at radius 2 is 1.87 bits per heavy atom. The molecule has 2 aliphatic heterocycles. The van der Waals surface area contributed by atoms with Gasteiger partial charge in [0.05, 0.1) is 0 Å². The Morgan fingerprint density at radius 1 is 1.13 bits per heavy atom. The minimum atomic E-state index is -0.526. The minimum absolute atomic E-state index is 0.0757. The standard InChI is InChI=1S/C18H25N3O2/c22-17(19-10-6-13-20-11-4-5-12-20)16-9-14-21(18(16)23)15-7-2-1-3-8-15/h1-3,7-8,16H,4-6,9-14H2,(H,19,22). The van der Waals surface area contributed by atoms with Crippen LogP contribution in [0.1, 0.15) is 25.7 Å². The highest BCUT2D eigenvalue weighted by Crippen LogP contribution is 2.25. The van der Waals surface area contributed by atoms with E-state index in [4.69, 9.17) is 0 Å². The lowest BCUT2D eigenvalue weighted by Gasteiger charge is -2.17. The number of nitrogens with one attached hydrogen (secondary N) is 1. The molecule has 0 aliphatic carbocycles. The third-order valence-electron chi connectivity index (χ3n) is 4.74. The second-order valence-corrected chi connectivity index (χ2v) is 6.36. The van der Waals surface area contributed by atoms with Crippen molar-refractivity contribution in [2.24, 2.45) is 5.92 Å². The summed E-state index contributed by atoms with van der Waals surface area (Å²) in [6.45, 7) is 4.68. The van der Waals surface area contributed by atoms with Crippen LogP contribution < -0.4 is 10.2 Å². The maximum Gasteiger partial charge on any atom is 0.239 e. The van der Waals surface area contributed by atoms with E-state index < -0.39 is 5.92 Å². The molecule has 0 bridgehead atoms. The van der Waals surface area contributed by atoms with Crippen molar-refractivity contribution in [2.75, 3.05) is 37.6 Å². The summed E-state index contributed by atoms with van der Waals surface area (Å²) in [7, 11) is 0. The van der Waals surface area contributed by atoms with E-state index in [1.165, 1.54) is 25.9 Å². The van der Waals surface area contributed by atoms with E-state index >= 15 is 0 Å². The topological polar surface area (TPSA) is 52.7 Å². The molecule has 0 radical (unpaired) electrons. The van der Waals surface area contributed by atoms with Gasteiger partial charge in [0.1, 0.15) is 5.92 Å². The van der Waals surface area contributed by atoms with Crippen molar-refractivity contribution >= 4 is 17.5 Å². The van der Waals surface area contributed by atoms with Crippen molar-refractivity contribution in [1.82, 2.24) is 10.2 Å². The average molecular weight is 315 g/mol. The van der Waals surface area contributed by atoms with Crippen LogP contribution >= 0.6 is 0 Å². The smallest absolute Gasteiger partial charge is 0.239 e. The maximum absolute atomic E-state index is 12.4. The Balaban J connectivity index is 1.44. The molecule has 1 unspecified atom stereocenters. The van der Waals surface area contributed by atoms with Crippen LogP contribution in [0.3, 0.4) is 0 Å². The van der Waals surface area contributed by atoms with Gasteiger partial charge in [0.2, 0.25) is 11.8 Å². The minimum Gasteiger partial charge on any atom is -0.355 e. The van der Waals surface area contributed by atoms with Crippen molar-refractivity contribution in [3.8, 4) is 0 Å². The highest BCUT2D eigenvalue weighted by molar-refractivity contribution is 6.09. The third kappa shape index (κ3) is 3.91. The van der Waals surface area contributed by atoms with Crippen LogP contribution in [-0.2, 0) is 9.59 Å². The summed E-state index contributed by atoms with van der Waals surface area (Å²) >= 11 is 0. The number of benzene rings is 1. The van der Waals surface area contributed by atoms with Gasteiger partial charge in [-0.15, -0.1) is 0 Å². The molecule has 2 aliphatic rings. The highest BCUT2D eigenvalue weighted by Gasteiger charge is 2.37. The predicted molar refractivity (Wildman–Crippen MR) is 90.2 cm³/mol. The number of carbonyl (C=O) groups is 2. The number of rotatable bonds is 6. The molecule has 5 heteroatoms. The molecular formula is C18H25N3O2. The number of hydrogen-bond donors (Lipinski definition) is 1. The first kappa shape index (κ1) is 16.0. The van der Waals surface area contributed by atoms with Crippen molar-refractivity contribution in [3.05, 3.63) is 30.3 Å². The molecule has 2 amide bonds. The third-order valence-corrected chi connectivity index (χ3v) is 4.74. The Morgan fingerprint density at radius 3 is 2.61 bits per heavy atom. The second kappa shape index (κ2) is 7.59. The van der Waals surface area contributed by atoms with E-state index in [2.05, 4.69) is 10.2 Å². The summed E-state index contributed by atoms with van der Waals surface area (Å²) in [6.07, 6.45) is 4.14. The Bertz CT molecular complexity index is 540. The maximum atomic E-state index is 12.4. The molecule has 124 valence electrons. The first-order valence-corrected chi connectivity index (χ1v) is 8.62. The van der Waals surface area contributed by atoms with Crippen LogP contribution in [0.4, 0.5) is 5.69 Å². The van der Waals surface area contributed by atoms with Crippen LogP contribution in [-0.4, -0.2) is 49.4 Å². The summed E-state index contributed by atoms with van der Waals surface area (Å²) in [6, 6.07) is 9.57. The first-order valence-electron chi connectivity index (χ1n) is 8.62. The SMILES string of the molecule is O=C(NCCCN1CCCC1)C1CCN(c2ccccc2)C1=O. The summed E-state index contributed by atoms with van der Waals surface area (Å²) < 4.78 is 0. The quantitative estimate of drug-likeness (QED) is 0.641. The number of anilines is 1. The van der Waals surface area contributed by atoms with Crippen molar-refractivity contribution < 1.29 is 9.59 Å². The number of carbonyl (C=O) groups excluding carboxylic acids is 2. The number of hydrogen-bond acceptors (Lipinski definition) is 3. The predicted octanol–water partition coefficient (Wildman–Crippen LogP) is 1.64. The van der Waals surface area contributed by atoms with Gasteiger partial charge in [-0.2, -0.15) is 0 Å². The molecule has 0 spiro atoms. The second-order valence-electron chi connectivity index (χ2n) is 6.36. The molecule has 1 atom stereocenters. The largest absolute Gasteiger partial charge is 0.355 e. The van der Waals surface area contributed by atoms with Crippen LogP contribution in [0.25, 0.3) is 0 Å². The zero-order valence-corrected chi connectivity index (χ0v) is 13.5. The van der Waals surface area contributed by atoms with E-state index in [1.54, 1.807) is 4.90 Å². The highest BCUT2D eigenvalue weighted by atomic mass is 16.2. The van der Waals surface area contributed by atoms with E-state index in [0.717, 1.165) is 18.7 Å². The zero-order valence-electron chi connectivity index (χ0n) is 13.5. The lowest BCUT2D eigenvalue weighted by molar-refractivity contribution is -0.132. The van der Waals surface area contributed by atoms with Crippen molar-refractivity contribution in [1.29, 1.82) is 0 Å². The molecular weight excluding hydrogens is 290 g/mol. The molecule has 1 aromatic rings. The van der Waals surface area contributed by atoms with Crippen LogP contribution in [0, 0.1) is 5.92 Å². The van der Waals surface area contributed by atoms with Crippen LogP contribution in [0.5, 0.6) is 0 Å². The summed E-state index contributed by atoms with van der Waals surface area (Å²) in [5.74, 6) is -0.718. The number of likely N-dealkylation sites (tertiary alicyclic amines) is 1. The molecule has 2 saturated heterocycles. The molecule has 1 aromatic carbocycles. The van der Waals surface area contributed by atoms with E-state index in [9.17, 15) is 9.59 Å². The molecule has 1 N–H and O–H groups in total. The molecule has 3 rings (SSSR count). The number of nitrogens with zero attached hydrogens (tertiary/aromatic N) is 2. The van der Waals surface area contributed by atoms with Crippen LogP contribution in [0.2, 0.25) is 0 Å². The van der Waals surface area contributed by atoms with Crippen molar-refractivity contribution in [2.45, 2.75) is 25.7 Å². The fourth-order valence-electron chi connectivity index (χ4n) is 3.43. The average Bonchev–Trinajstić information content (AvgIpc) is 3.22. The normalized spacial score (nSPS) is 21.8. The van der Waals surface area contributed by atoms with Gasteiger partial charge >= 0.3 is 0 Å². The van der Waals surface area contributed by atoms with Gasteiger partial charge in [-0.3, -0.25) is 9.59 Å². The van der Waals surface area contributed by atoms with Gasteiger partial charge < -0.3 is 15.1 Å². The van der Waals surface area contributed by atoms with Gasteiger partial charge in [-0.05, 0) is 57.5 Å². The van der Waals surface area contributed by atoms with Gasteiger partial charge in [0, 0.05) is 18.8 Å². The fraction of sp³-hybridized carbons (Fsp3) is 0.556. The Kier molecular flexibility index (Phi) is 5.28. The lowest BCUT2D eigenvalue weighted by atomic mass is 10.1. The van der Waals surface area contributed by atoms with Gasteiger partial charge in [0.15, 0.2) is 0 Å². The molecule has 0 saturated carbocycles. The van der Waals surface area contributed by atoms with E-state index in [0.29, 0.717) is 19.5 Å². The van der Waals surface area contributed by atoms with E-state index in [-0.39, 0.29) is 11.8 Å². The van der Waals surface area contributed by atoms with Crippen molar-refractivity contribution in [3.63, 3.8) is 0 Å². The lowest BCUT2D eigenvalue weighted by Crippen LogP contribution is -2.38. The summed E-state index contributed by atoms with van der Waals surface area (Å²) in [5, 5.41) is 2.94. The van der Waals surface area contributed by atoms with Gasteiger partial charge in [-0.1, -0.05) is 18.2 Å². The number of para-hydroxylation sites is 1. The Labute approximate surface area is 137 Å². The molecule has 2 heterocycles. The van der Waals surface area contributed by atoms with E-state index in [1.807, 2.05) is 30.3 Å². The van der Waals surface area contributed by atoms with Crippen LogP contribution in [0.15, 0.2) is 30.3 Å². The van der Waals surface area contributed by atoms with Gasteiger partial charge in [0.25, 0.3) is 0 Å². The molecule has 0 aromatic heterocycles. The fourth-order valence-corrected chi connectivity index (χ4v) is 3.43. The summed E-state index contributed by atoms with van der Waals surface area (Å²) in [4.78, 5) is 28.9. The molecule has 2 fully saturated rings. The van der Waals surface area contributed by atoms with Gasteiger partial charge in [-0.25, -0.2) is 0 Å². The Hall–Kier alpha value is -1.88. The molecule has 23 heavy (non-hydrogen) atoms. The first-order chi connectivity index (χ1) is 11.3. The monoisotopic (exact) mass is 315 g/mol. The molecule has 5 nitrogen and oxygen atoms in total. The zero-order chi connectivity index (χ0) is 16.1. The summed E-state index contributed by atoms with van der Waals surface area (Å²) in [5.41, 5.74) is 0.877.